The first-order valence-corrected chi connectivity index (χ1v) is 5.02. The summed E-state index contributed by atoms with van der Waals surface area (Å²) < 4.78 is 0.785. The Bertz CT molecular complexity index is 307. The number of rotatable bonds is 4. The number of anilines is 1. The van der Waals surface area contributed by atoms with Crippen LogP contribution in [0, 0.1) is 6.92 Å². The van der Waals surface area contributed by atoms with Gasteiger partial charge in [-0.3, -0.25) is 0 Å². The highest BCUT2D eigenvalue weighted by atomic mass is 79.9. The van der Waals surface area contributed by atoms with Crippen molar-refractivity contribution in [2.75, 3.05) is 18.5 Å². The van der Waals surface area contributed by atoms with Gasteiger partial charge >= 0.3 is 0 Å². The zero-order valence-electron chi connectivity index (χ0n) is 7.87. The highest BCUT2D eigenvalue weighted by Gasteiger charge is 2.04. The Kier molecular flexibility index (Phi) is 4.24. The summed E-state index contributed by atoms with van der Waals surface area (Å²) in [5, 5.41) is 11.7. The van der Waals surface area contributed by atoms with E-state index in [4.69, 9.17) is 10.8 Å². The number of nitrogens with zero attached hydrogens (tertiary/aromatic N) is 2. The number of aromatic nitrogens is 2. The molecule has 1 atom stereocenters. The molecule has 0 aliphatic rings. The Morgan fingerprint density at radius 3 is 3.07 bits per heavy atom. The maximum atomic E-state index is 8.73. The lowest BCUT2D eigenvalue weighted by atomic mass is 10.3. The van der Waals surface area contributed by atoms with Gasteiger partial charge in [0, 0.05) is 18.8 Å². The third kappa shape index (κ3) is 3.21. The highest BCUT2D eigenvalue weighted by molar-refractivity contribution is 9.10. The molecule has 0 bridgehead atoms. The van der Waals surface area contributed by atoms with Crippen LogP contribution < -0.4 is 11.1 Å². The van der Waals surface area contributed by atoms with Crippen molar-refractivity contribution < 1.29 is 5.11 Å². The molecule has 1 aromatic heterocycles. The molecule has 1 unspecified atom stereocenters. The zero-order valence-corrected chi connectivity index (χ0v) is 9.45. The van der Waals surface area contributed by atoms with Crippen LogP contribution in [0.15, 0.2) is 10.7 Å². The Morgan fingerprint density at radius 1 is 1.71 bits per heavy atom. The van der Waals surface area contributed by atoms with Crippen LogP contribution in [-0.4, -0.2) is 34.3 Å². The van der Waals surface area contributed by atoms with Gasteiger partial charge in [-0.05, 0) is 22.9 Å². The first kappa shape index (κ1) is 11.4. The van der Waals surface area contributed by atoms with Crippen molar-refractivity contribution >= 4 is 21.7 Å². The van der Waals surface area contributed by atoms with Gasteiger partial charge in [0.05, 0.1) is 11.1 Å². The van der Waals surface area contributed by atoms with Gasteiger partial charge in [0.15, 0.2) is 0 Å². The van der Waals surface area contributed by atoms with Crippen LogP contribution in [0.4, 0.5) is 5.82 Å². The molecule has 0 saturated carbocycles. The Balaban J connectivity index is 2.62. The molecule has 0 aromatic carbocycles. The fraction of sp³-hybridized carbons (Fsp3) is 0.500. The van der Waals surface area contributed by atoms with Gasteiger partial charge in [0.2, 0.25) is 0 Å². The summed E-state index contributed by atoms with van der Waals surface area (Å²) in [6.07, 6.45) is 1.68. The van der Waals surface area contributed by atoms with Crippen molar-refractivity contribution in [2.45, 2.75) is 13.0 Å². The molecular weight excluding hydrogens is 248 g/mol. The fourth-order valence-electron chi connectivity index (χ4n) is 0.872. The largest absolute Gasteiger partial charge is 0.395 e. The first-order valence-electron chi connectivity index (χ1n) is 4.23. The summed E-state index contributed by atoms with van der Waals surface area (Å²) in [5.74, 6) is 1.38. The van der Waals surface area contributed by atoms with Gasteiger partial charge in [0.25, 0.3) is 0 Å². The number of aryl methyl sites for hydroxylation is 1. The fourth-order valence-corrected chi connectivity index (χ4v) is 1.20. The Labute approximate surface area is 90.9 Å². The predicted octanol–water partition coefficient (Wildman–Crippen LogP) is 0.279. The van der Waals surface area contributed by atoms with E-state index >= 15 is 0 Å². The lowest BCUT2D eigenvalue weighted by Gasteiger charge is -2.11. The predicted molar refractivity (Wildman–Crippen MR) is 58.0 cm³/mol. The number of nitrogens with two attached hydrogens (primary N) is 1. The summed E-state index contributed by atoms with van der Waals surface area (Å²) >= 11 is 3.31. The van der Waals surface area contributed by atoms with Crippen molar-refractivity contribution in [3.8, 4) is 0 Å². The van der Waals surface area contributed by atoms with E-state index in [-0.39, 0.29) is 12.6 Å². The number of aliphatic hydroxyl groups excluding tert-OH is 1. The lowest BCUT2D eigenvalue weighted by Crippen LogP contribution is -2.32. The van der Waals surface area contributed by atoms with Crippen molar-refractivity contribution in [3.05, 3.63) is 16.5 Å². The van der Waals surface area contributed by atoms with E-state index in [1.54, 1.807) is 6.20 Å². The van der Waals surface area contributed by atoms with Crippen molar-refractivity contribution in [1.29, 1.82) is 0 Å². The van der Waals surface area contributed by atoms with E-state index in [2.05, 4.69) is 31.2 Å². The molecular formula is C8H13BrN4O. The van der Waals surface area contributed by atoms with Gasteiger partial charge < -0.3 is 16.2 Å². The summed E-state index contributed by atoms with van der Waals surface area (Å²) in [6, 6.07) is -0.280. The molecule has 0 fully saturated rings. The van der Waals surface area contributed by atoms with E-state index < -0.39 is 0 Å². The van der Waals surface area contributed by atoms with Gasteiger partial charge in [-0.25, -0.2) is 9.97 Å². The van der Waals surface area contributed by atoms with Crippen LogP contribution in [0.1, 0.15) is 5.82 Å². The second-order valence-electron chi connectivity index (χ2n) is 2.94. The molecule has 1 heterocycles. The molecule has 6 heteroatoms. The van der Waals surface area contributed by atoms with E-state index in [0.717, 1.165) is 4.47 Å². The third-order valence-corrected chi connectivity index (χ3v) is 2.21. The summed E-state index contributed by atoms with van der Waals surface area (Å²) in [6.45, 7) is 2.24. The molecule has 14 heavy (non-hydrogen) atoms. The van der Waals surface area contributed by atoms with E-state index in [1.807, 2.05) is 6.92 Å². The number of nitrogens with one attached hydrogen (secondary N) is 1. The zero-order chi connectivity index (χ0) is 10.6. The average Bonchev–Trinajstić information content (AvgIpc) is 2.19. The van der Waals surface area contributed by atoms with Gasteiger partial charge in [-0.15, -0.1) is 0 Å². The number of aliphatic hydroxyl groups is 1. The molecule has 0 aliphatic heterocycles. The van der Waals surface area contributed by atoms with Crippen LogP contribution in [0.5, 0.6) is 0 Å². The molecule has 1 aromatic rings. The van der Waals surface area contributed by atoms with Gasteiger partial charge in [-0.1, -0.05) is 0 Å². The van der Waals surface area contributed by atoms with E-state index in [0.29, 0.717) is 18.2 Å². The SMILES string of the molecule is Cc1ncc(Br)c(NCC(N)CO)n1. The number of hydrogen-bond donors (Lipinski definition) is 3. The standard InChI is InChI=1S/C8H13BrN4O/c1-5-11-3-7(9)8(13-5)12-2-6(10)4-14/h3,6,14H,2,4,10H2,1H3,(H,11,12,13). The topological polar surface area (TPSA) is 84.1 Å². The van der Waals surface area contributed by atoms with Crippen molar-refractivity contribution in [1.82, 2.24) is 9.97 Å². The second kappa shape index (κ2) is 5.23. The van der Waals surface area contributed by atoms with Crippen LogP contribution in [0.3, 0.4) is 0 Å². The summed E-state index contributed by atoms with van der Waals surface area (Å²) in [7, 11) is 0. The highest BCUT2D eigenvalue weighted by Crippen LogP contribution is 2.17. The number of hydrogen-bond acceptors (Lipinski definition) is 5. The molecule has 5 nitrogen and oxygen atoms in total. The third-order valence-electron chi connectivity index (χ3n) is 1.63. The molecule has 4 N–H and O–H groups in total. The van der Waals surface area contributed by atoms with E-state index in [1.165, 1.54) is 0 Å². The molecule has 0 aliphatic carbocycles. The quantitative estimate of drug-likeness (QED) is 0.725. The smallest absolute Gasteiger partial charge is 0.144 e. The van der Waals surface area contributed by atoms with Crippen molar-refractivity contribution in [2.24, 2.45) is 5.73 Å². The second-order valence-corrected chi connectivity index (χ2v) is 3.79. The van der Waals surface area contributed by atoms with E-state index in [9.17, 15) is 0 Å². The minimum atomic E-state index is -0.280. The Morgan fingerprint density at radius 2 is 2.43 bits per heavy atom. The maximum absolute atomic E-state index is 8.73. The van der Waals surface area contributed by atoms with Crippen LogP contribution >= 0.6 is 15.9 Å². The van der Waals surface area contributed by atoms with Crippen LogP contribution in [0.25, 0.3) is 0 Å². The van der Waals surface area contributed by atoms with Gasteiger partial charge in [-0.2, -0.15) is 0 Å². The number of halogens is 1. The molecule has 0 spiro atoms. The Hall–Kier alpha value is -0.720. The summed E-state index contributed by atoms with van der Waals surface area (Å²) in [4.78, 5) is 8.18. The minimum absolute atomic E-state index is 0.0469. The first-order chi connectivity index (χ1) is 6.63. The van der Waals surface area contributed by atoms with Crippen molar-refractivity contribution in [3.63, 3.8) is 0 Å². The van der Waals surface area contributed by atoms with Crippen LogP contribution in [-0.2, 0) is 0 Å². The van der Waals surface area contributed by atoms with Crippen LogP contribution in [0.2, 0.25) is 0 Å². The molecule has 1 rings (SSSR count). The molecule has 78 valence electrons. The summed E-state index contributed by atoms with van der Waals surface area (Å²) in [5.41, 5.74) is 5.54. The average molecular weight is 261 g/mol. The van der Waals surface area contributed by atoms with Gasteiger partial charge in [0.1, 0.15) is 11.6 Å². The molecule has 0 saturated heterocycles. The minimum Gasteiger partial charge on any atom is -0.395 e. The molecule has 0 amide bonds. The normalized spacial score (nSPS) is 12.6. The maximum Gasteiger partial charge on any atom is 0.144 e. The lowest BCUT2D eigenvalue weighted by molar-refractivity contribution is 0.270. The molecule has 0 radical (unpaired) electrons. The monoisotopic (exact) mass is 260 g/mol.